The Bertz CT molecular complexity index is 2860. The highest BCUT2D eigenvalue weighted by Crippen LogP contribution is 2.46. The molecule has 1 nitrogen and oxygen atoms in total. The number of nitrogens with zero attached hydrogens (tertiary/aromatic N) is 1. The quantitative estimate of drug-likeness (QED) is 0.159. The molecule has 0 spiro atoms. The second-order valence-electron chi connectivity index (χ2n) is 13.8. The summed E-state index contributed by atoms with van der Waals surface area (Å²) in [5, 5.41) is 6.09. The zero-order valence-electron chi connectivity index (χ0n) is 29.7. The number of hydrogen-bond donors (Lipinski definition) is 0. The SMILES string of the molecule is c1ccc(-c2cccc(-c3ccccc3)c2-c2cccc(-c3c4ccccc4c(-c4cccc(-c5cccc6cccnc56)c4)c4ccccc34)c2)cc1. The zero-order chi connectivity index (χ0) is 35.8. The summed E-state index contributed by atoms with van der Waals surface area (Å²) in [6.07, 6.45) is 1.88. The van der Waals surface area contributed by atoms with Crippen LogP contribution in [0.2, 0.25) is 0 Å². The van der Waals surface area contributed by atoms with Crippen molar-refractivity contribution in [1.29, 1.82) is 0 Å². The van der Waals surface area contributed by atoms with E-state index in [0.717, 1.165) is 22.0 Å². The summed E-state index contributed by atoms with van der Waals surface area (Å²) in [6, 6.07) is 74.8. The smallest absolute Gasteiger partial charge is 0.0780 e. The third-order valence-electron chi connectivity index (χ3n) is 10.7. The van der Waals surface area contributed by atoms with E-state index in [1.165, 1.54) is 77.2 Å². The average Bonchev–Trinajstić information content (AvgIpc) is 3.25. The van der Waals surface area contributed by atoms with Gasteiger partial charge in [-0.15, -0.1) is 0 Å². The minimum atomic E-state index is 1.02. The molecule has 0 amide bonds. The van der Waals surface area contributed by atoms with Crippen molar-refractivity contribution in [3.05, 3.63) is 212 Å². The van der Waals surface area contributed by atoms with E-state index in [2.05, 4.69) is 200 Å². The van der Waals surface area contributed by atoms with E-state index in [-0.39, 0.29) is 0 Å². The Hall–Kier alpha value is -7.09. The minimum absolute atomic E-state index is 1.02. The van der Waals surface area contributed by atoms with Crippen molar-refractivity contribution >= 4 is 32.4 Å². The van der Waals surface area contributed by atoms with Gasteiger partial charge >= 0.3 is 0 Å². The van der Waals surface area contributed by atoms with Gasteiger partial charge in [-0.25, -0.2) is 0 Å². The number of pyridine rings is 1. The molecule has 252 valence electrons. The van der Waals surface area contributed by atoms with E-state index in [1.54, 1.807) is 0 Å². The van der Waals surface area contributed by atoms with Crippen LogP contribution in [-0.2, 0) is 0 Å². The summed E-state index contributed by atoms with van der Waals surface area (Å²) in [5.74, 6) is 0. The predicted molar refractivity (Wildman–Crippen MR) is 229 cm³/mol. The Balaban J connectivity index is 1.20. The fourth-order valence-corrected chi connectivity index (χ4v) is 8.34. The summed E-state index contributed by atoms with van der Waals surface area (Å²) >= 11 is 0. The Morgan fingerprint density at radius 3 is 1.20 bits per heavy atom. The van der Waals surface area contributed by atoms with Crippen LogP contribution in [0.25, 0.3) is 99.2 Å². The number of hydrogen-bond acceptors (Lipinski definition) is 1. The molecule has 9 aromatic carbocycles. The fourth-order valence-electron chi connectivity index (χ4n) is 8.34. The van der Waals surface area contributed by atoms with Gasteiger partial charge in [-0.1, -0.05) is 188 Å². The summed E-state index contributed by atoms with van der Waals surface area (Å²) in [5.41, 5.74) is 15.5. The van der Waals surface area contributed by atoms with Crippen LogP contribution in [0.4, 0.5) is 0 Å². The van der Waals surface area contributed by atoms with Gasteiger partial charge in [-0.3, -0.25) is 4.98 Å². The number of para-hydroxylation sites is 1. The molecule has 10 rings (SSSR count). The highest BCUT2D eigenvalue weighted by atomic mass is 14.6. The van der Waals surface area contributed by atoms with E-state index < -0.39 is 0 Å². The minimum Gasteiger partial charge on any atom is -0.256 e. The van der Waals surface area contributed by atoms with Gasteiger partial charge in [0.1, 0.15) is 0 Å². The largest absolute Gasteiger partial charge is 0.256 e. The maximum absolute atomic E-state index is 4.78. The number of fused-ring (bicyclic) bond motifs is 3. The lowest BCUT2D eigenvalue weighted by atomic mass is 9.83. The van der Waals surface area contributed by atoms with Gasteiger partial charge in [-0.2, -0.15) is 0 Å². The summed E-state index contributed by atoms with van der Waals surface area (Å²) in [6.45, 7) is 0. The van der Waals surface area contributed by atoms with E-state index in [1.807, 2.05) is 12.3 Å². The number of benzene rings is 9. The molecule has 0 N–H and O–H groups in total. The molecular formula is C53H35N. The molecule has 0 atom stereocenters. The first kappa shape index (κ1) is 31.6. The van der Waals surface area contributed by atoms with Crippen LogP contribution >= 0.6 is 0 Å². The molecular weight excluding hydrogens is 651 g/mol. The Kier molecular flexibility index (Phi) is 7.89. The van der Waals surface area contributed by atoms with Crippen LogP contribution in [0, 0.1) is 0 Å². The second kappa shape index (κ2) is 13.5. The molecule has 0 fully saturated rings. The molecule has 1 heteroatoms. The zero-order valence-corrected chi connectivity index (χ0v) is 29.7. The maximum atomic E-state index is 4.78. The fraction of sp³-hybridized carbons (Fsp3) is 0. The Morgan fingerprint density at radius 1 is 0.259 bits per heavy atom. The third-order valence-corrected chi connectivity index (χ3v) is 10.7. The van der Waals surface area contributed by atoms with Gasteiger partial charge in [0.25, 0.3) is 0 Å². The first-order chi connectivity index (χ1) is 26.8. The van der Waals surface area contributed by atoms with Gasteiger partial charge in [0.2, 0.25) is 0 Å². The van der Waals surface area contributed by atoms with Crippen molar-refractivity contribution in [1.82, 2.24) is 4.98 Å². The van der Waals surface area contributed by atoms with Crippen LogP contribution in [0.3, 0.4) is 0 Å². The molecule has 0 saturated carbocycles. The van der Waals surface area contributed by atoms with Crippen molar-refractivity contribution in [2.45, 2.75) is 0 Å². The molecule has 0 unspecified atom stereocenters. The van der Waals surface area contributed by atoms with E-state index >= 15 is 0 Å². The van der Waals surface area contributed by atoms with Crippen molar-refractivity contribution < 1.29 is 0 Å². The lowest BCUT2D eigenvalue weighted by Gasteiger charge is -2.20. The summed E-state index contributed by atoms with van der Waals surface area (Å²) in [7, 11) is 0. The van der Waals surface area contributed by atoms with Gasteiger partial charge < -0.3 is 0 Å². The molecule has 54 heavy (non-hydrogen) atoms. The predicted octanol–water partition coefficient (Wildman–Crippen LogP) is 14.5. The molecule has 1 aromatic heterocycles. The maximum Gasteiger partial charge on any atom is 0.0780 e. The molecule has 1 heterocycles. The molecule has 10 aromatic rings. The first-order valence-electron chi connectivity index (χ1n) is 18.5. The molecule has 0 saturated heterocycles. The molecule has 0 aliphatic carbocycles. The average molecular weight is 686 g/mol. The lowest BCUT2D eigenvalue weighted by Crippen LogP contribution is -1.93. The van der Waals surface area contributed by atoms with Crippen LogP contribution < -0.4 is 0 Å². The Labute approximate surface area is 315 Å². The van der Waals surface area contributed by atoms with Crippen LogP contribution in [0.15, 0.2) is 212 Å². The normalized spacial score (nSPS) is 11.3. The topological polar surface area (TPSA) is 12.9 Å². The van der Waals surface area contributed by atoms with E-state index in [0.29, 0.717) is 0 Å². The molecule has 0 radical (unpaired) electrons. The van der Waals surface area contributed by atoms with Crippen molar-refractivity contribution in [2.75, 3.05) is 0 Å². The second-order valence-corrected chi connectivity index (χ2v) is 13.8. The van der Waals surface area contributed by atoms with Crippen LogP contribution in [0.5, 0.6) is 0 Å². The summed E-state index contributed by atoms with van der Waals surface area (Å²) in [4.78, 5) is 4.78. The van der Waals surface area contributed by atoms with Gasteiger partial charge in [0, 0.05) is 17.1 Å². The highest BCUT2D eigenvalue weighted by molar-refractivity contribution is 6.21. The third kappa shape index (κ3) is 5.46. The molecule has 0 aliphatic rings. The van der Waals surface area contributed by atoms with Crippen LogP contribution in [0.1, 0.15) is 0 Å². The van der Waals surface area contributed by atoms with E-state index in [9.17, 15) is 0 Å². The standard InChI is InChI=1S/C53H35N/c1-3-16-36(17-4-1)43-30-14-31-44(37-18-5-2-6-19-37)50(43)41-23-12-24-42(35-41)52-48-28-9-7-26-46(48)51(47-27-8-10-29-49(47)52)40-22-11-21-39(34-40)45-32-13-20-38-25-15-33-54-53(38)45/h1-35H. The lowest BCUT2D eigenvalue weighted by molar-refractivity contribution is 1.41. The Morgan fingerprint density at radius 2 is 0.648 bits per heavy atom. The van der Waals surface area contributed by atoms with Gasteiger partial charge in [-0.05, 0) is 101 Å². The monoisotopic (exact) mass is 685 g/mol. The van der Waals surface area contributed by atoms with Crippen molar-refractivity contribution in [2.24, 2.45) is 0 Å². The first-order valence-corrected chi connectivity index (χ1v) is 18.5. The number of rotatable bonds is 6. The van der Waals surface area contributed by atoms with Gasteiger partial charge in [0.05, 0.1) is 5.52 Å². The van der Waals surface area contributed by atoms with Gasteiger partial charge in [0.15, 0.2) is 0 Å². The summed E-state index contributed by atoms with van der Waals surface area (Å²) < 4.78 is 0. The van der Waals surface area contributed by atoms with E-state index in [4.69, 9.17) is 4.98 Å². The van der Waals surface area contributed by atoms with Crippen molar-refractivity contribution in [3.8, 4) is 66.8 Å². The molecule has 0 aliphatic heterocycles. The number of aromatic nitrogens is 1. The highest BCUT2D eigenvalue weighted by Gasteiger charge is 2.19. The van der Waals surface area contributed by atoms with Crippen LogP contribution in [-0.4, -0.2) is 4.98 Å². The van der Waals surface area contributed by atoms with Crippen molar-refractivity contribution in [3.63, 3.8) is 0 Å². The molecule has 0 bridgehead atoms.